The highest BCUT2D eigenvalue weighted by Crippen LogP contribution is 2.28. The van der Waals surface area contributed by atoms with E-state index < -0.39 is 48.7 Å². The molecule has 4 aromatic rings. The molecule has 1 aromatic carbocycles. The normalized spacial score (nSPS) is 11.0. The van der Waals surface area contributed by atoms with Crippen LogP contribution in [0, 0.1) is 18.3 Å². The van der Waals surface area contributed by atoms with Crippen molar-refractivity contribution in [1.29, 1.82) is 5.26 Å². The molecule has 3 aromatic heterocycles. The number of aromatic nitrogens is 5. The van der Waals surface area contributed by atoms with Gasteiger partial charge in [0.25, 0.3) is 24.7 Å². The third-order valence-corrected chi connectivity index (χ3v) is 6.48. The number of ether oxygens (including phenoxy) is 1. The zero-order chi connectivity index (χ0) is 33.0. The van der Waals surface area contributed by atoms with Crippen LogP contribution < -0.4 is 10.7 Å². The Morgan fingerprint density at radius 3 is 2.47 bits per heavy atom. The van der Waals surface area contributed by atoms with Crippen LogP contribution in [0.15, 0.2) is 42.6 Å². The number of nitrogens with zero attached hydrogens (tertiary/aromatic N) is 7. The maximum atomic E-state index is 13.7. The summed E-state index contributed by atoms with van der Waals surface area (Å²) < 4.78 is 59.9. The van der Waals surface area contributed by atoms with Crippen LogP contribution in [0.3, 0.4) is 0 Å². The number of anilines is 1. The topological polar surface area (TPSA) is 160 Å². The first kappa shape index (κ1) is 32.4. The minimum atomic E-state index is -3.14. The second-order valence-corrected chi connectivity index (χ2v) is 9.65. The standard InChI is InChI=1S/C27H22ClF4N9O4/c1-13-7-14(11-33)8-16(25(42)38-39(2)27(44)45-3)21(13)35-26(43)20-9-15(36-41(20)24-17(28)5-4-6-34-24)12-40-19(23(31)32)10-18(37-40)22(29)30/h4-10,22-23H,12H2,1-3H3,(H,35,43)(H,38,42). The number of carbonyl (C=O) groups excluding carboxylic acids is 3. The van der Waals surface area contributed by atoms with Crippen LogP contribution in [0.5, 0.6) is 0 Å². The summed E-state index contributed by atoms with van der Waals surface area (Å²) >= 11 is 6.30. The number of rotatable bonds is 8. The Bertz CT molecular complexity index is 1820. The number of halogens is 5. The molecular formula is C27H22ClF4N9O4. The Morgan fingerprint density at radius 2 is 1.84 bits per heavy atom. The molecule has 13 nitrogen and oxygen atoms in total. The predicted octanol–water partition coefficient (Wildman–Crippen LogP) is 4.82. The van der Waals surface area contributed by atoms with Gasteiger partial charge >= 0.3 is 6.09 Å². The van der Waals surface area contributed by atoms with E-state index in [0.29, 0.717) is 10.7 Å². The fraction of sp³-hybridized carbons (Fsp3) is 0.222. The number of nitrogens with one attached hydrogen (secondary N) is 2. The van der Waals surface area contributed by atoms with Crippen molar-refractivity contribution >= 4 is 35.2 Å². The van der Waals surface area contributed by atoms with E-state index in [9.17, 15) is 37.2 Å². The lowest BCUT2D eigenvalue weighted by Crippen LogP contribution is -2.43. The molecule has 3 amide bonds. The minimum absolute atomic E-state index is 0.0346. The molecule has 3 heterocycles. The van der Waals surface area contributed by atoms with Gasteiger partial charge in [0.2, 0.25) is 0 Å². The van der Waals surface area contributed by atoms with Crippen LogP contribution in [0.4, 0.5) is 28.0 Å². The van der Waals surface area contributed by atoms with Crippen molar-refractivity contribution in [2.75, 3.05) is 19.5 Å². The van der Waals surface area contributed by atoms with Crippen LogP contribution in [0.25, 0.3) is 5.82 Å². The van der Waals surface area contributed by atoms with Crippen molar-refractivity contribution in [3.05, 3.63) is 87.1 Å². The van der Waals surface area contributed by atoms with E-state index >= 15 is 0 Å². The number of hydrogen-bond acceptors (Lipinski definition) is 8. The maximum absolute atomic E-state index is 13.7. The van der Waals surface area contributed by atoms with E-state index in [2.05, 4.69) is 30.7 Å². The fourth-order valence-electron chi connectivity index (χ4n) is 4.15. The Kier molecular flexibility index (Phi) is 9.67. The Labute approximate surface area is 256 Å². The van der Waals surface area contributed by atoms with E-state index in [1.54, 1.807) is 0 Å². The molecule has 0 fully saturated rings. The number of nitriles is 1. The van der Waals surface area contributed by atoms with Crippen LogP contribution in [-0.2, 0) is 11.3 Å². The van der Waals surface area contributed by atoms with Crippen LogP contribution in [-0.4, -0.2) is 61.6 Å². The summed E-state index contributed by atoms with van der Waals surface area (Å²) in [4.78, 5) is 42.8. The van der Waals surface area contributed by atoms with Gasteiger partial charge in [0, 0.05) is 13.2 Å². The number of alkyl halides is 4. The smallest absolute Gasteiger partial charge is 0.428 e. The SMILES string of the molecule is COC(=O)N(C)NC(=O)c1cc(C#N)cc(C)c1NC(=O)c1cc(Cn2nc(C(F)F)cc2C(F)F)nn1-c1ncccc1Cl. The van der Waals surface area contributed by atoms with Gasteiger partial charge in [0.1, 0.15) is 17.1 Å². The average Bonchev–Trinajstić information content (AvgIpc) is 3.62. The van der Waals surface area contributed by atoms with E-state index in [1.807, 2.05) is 6.07 Å². The van der Waals surface area contributed by atoms with Gasteiger partial charge in [-0.15, -0.1) is 0 Å². The number of methoxy groups -OCH3 is 1. The molecule has 234 valence electrons. The number of aryl methyl sites for hydroxylation is 1. The molecule has 0 atom stereocenters. The van der Waals surface area contributed by atoms with Crippen LogP contribution in [0.2, 0.25) is 5.02 Å². The second-order valence-electron chi connectivity index (χ2n) is 9.25. The monoisotopic (exact) mass is 647 g/mol. The average molecular weight is 648 g/mol. The Balaban J connectivity index is 1.78. The molecule has 4 rings (SSSR count). The summed E-state index contributed by atoms with van der Waals surface area (Å²) in [5.41, 5.74) is 0.423. The molecule has 0 saturated heterocycles. The highest BCUT2D eigenvalue weighted by atomic mass is 35.5. The number of pyridine rings is 1. The highest BCUT2D eigenvalue weighted by Gasteiger charge is 2.26. The summed E-state index contributed by atoms with van der Waals surface area (Å²) in [6.07, 6.45) is -5.79. The molecule has 0 bridgehead atoms. The number of benzene rings is 1. The van der Waals surface area contributed by atoms with E-state index in [0.717, 1.165) is 16.8 Å². The van der Waals surface area contributed by atoms with Gasteiger partial charge in [-0.2, -0.15) is 15.5 Å². The zero-order valence-corrected chi connectivity index (χ0v) is 24.3. The van der Waals surface area contributed by atoms with Crippen molar-refractivity contribution in [2.24, 2.45) is 0 Å². The summed E-state index contributed by atoms with van der Waals surface area (Å²) in [5, 5.41) is 20.6. The lowest BCUT2D eigenvalue weighted by atomic mass is 10.0. The van der Waals surface area contributed by atoms with Crippen molar-refractivity contribution in [1.82, 2.24) is 35.0 Å². The minimum Gasteiger partial charge on any atom is -0.452 e. The van der Waals surface area contributed by atoms with Crippen molar-refractivity contribution in [2.45, 2.75) is 26.3 Å². The number of hydrazine groups is 1. The largest absolute Gasteiger partial charge is 0.452 e. The van der Waals surface area contributed by atoms with Crippen molar-refractivity contribution < 1.29 is 36.7 Å². The first-order chi connectivity index (χ1) is 21.3. The molecular weight excluding hydrogens is 626 g/mol. The van der Waals surface area contributed by atoms with Gasteiger partial charge in [-0.05, 0) is 48.9 Å². The first-order valence-electron chi connectivity index (χ1n) is 12.7. The zero-order valence-electron chi connectivity index (χ0n) is 23.6. The lowest BCUT2D eigenvalue weighted by Gasteiger charge is -2.19. The molecule has 0 aliphatic carbocycles. The molecule has 2 N–H and O–H groups in total. The molecule has 18 heteroatoms. The molecule has 0 aliphatic rings. The van der Waals surface area contributed by atoms with Gasteiger partial charge in [-0.25, -0.2) is 37.0 Å². The summed E-state index contributed by atoms with van der Waals surface area (Å²) in [5.74, 6) is -1.80. The molecule has 0 spiro atoms. The van der Waals surface area contributed by atoms with Gasteiger partial charge in [-0.1, -0.05) is 11.6 Å². The van der Waals surface area contributed by atoms with Crippen molar-refractivity contribution in [3.63, 3.8) is 0 Å². The molecule has 45 heavy (non-hydrogen) atoms. The number of carbonyl (C=O) groups is 3. The fourth-order valence-corrected chi connectivity index (χ4v) is 4.35. The van der Waals surface area contributed by atoms with Crippen LogP contribution in [0.1, 0.15) is 61.9 Å². The van der Waals surface area contributed by atoms with Gasteiger partial charge in [0.05, 0.1) is 47.3 Å². The molecule has 0 unspecified atom stereocenters. The third-order valence-electron chi connectivity index (χ3n) is 6.19. The van der Waals surface area contributed by atoms with Gasteiger partial charge in [0.15, 0.2) is 5.82 Å². The summed E-state index contributed by atoms with van der Waals surface area (Å²) in [7, 11) is 2.31. The van der Waals surface area contributed by atoms with Crippen LogP contribution >= 0.6 is 11.6 Å². The quantitative estimate of drug-likeness (QED) is 0.203. The van der Waals surface area contributed by atoms with E-state index in [4.69, 9.17) is 11.6 Å². The summed E-state index contributed by atoms with van der Waals surface area (Å²) in [6, 6.07) is 9.22. The summed E-state index contributed by atoms with van der Waals surface area (Å²) in [6.45, 7) is 0.979. The maximum Gasteiger partial charge on any atom is 0.428 e. The highest BCUT2D eigenvalue weighted by molar-refractivity contribution is 6.32. The predicted molar refractivity (Wildman–Crippen MR) is 149 cm³/mol. The first-order valence-corrected chi connectivity index (χ1v) is 13.0. The van der Waals surface area contributed by atoms with E-state index in [1.165, 1.54) is 50.5 Å². The Morgan fingerprint density at radius 1 is 1.11 bits per heavy atom. The molecule has 0 saturated carbocycles. The van der Waals surface area contributed by atoms with Gasteiger partial charge < -0.3 is 10.1 Å². The molecule has 0 aliphatic heterocycles. The van der Waals surface area contributed by atoms with Crippen molar-refractivity contribution in [3.8, 4) is 11.9 Å². The Hall–Kier alpha value is -5.50. The van der Waals surface area contributed by atoms with Gasteiger partial charge in [-0.3, -0.25) is 19.7 Å². The number of hydrogen-bond donors (Lipinski definition) is 2. The lowest BCUT2D eigenvalue weighted by molar-refractivity contribution is 0.0767. The van der Waals surface area contributed by atoms with E-state index in [-0.39, 0.29) is 44.6 Å². The molecule has 0 radical (unpaired) electrons. The second kappa shape index (κ2) is 13.4. The number of amides is 3. The third kappa shape index (κ3) is 7.02.